The highest BCUT2D eigenvalue weighted by Gasteiger charge is 2.23. The monoisotopic (exact) mass is 333 g/mol. The van der Waals surface area contributed by atoms with Gasteiger partial charge in [-0.1, -0.05) is 0 Å². The fraction of sp³-hybridized carbons (Fsp3) is 0.353. The van der Waals surface area contributed by atoms with E-state index >= 15 is 0 Å². The first kappa shape index (κ1) is 15.8. The Balaban J connectivity index is 2.08. The van der Waals surface area contributed by atoms with Crippen molar-refractivity contribution in [1.29, 1.82) is 0 Å². The molecule has 1 heterocycles. The number of aryl methyl sites for hydroxylation is 1. The minimum Gasteiger partial charge on any atom is -0.493 e. The zero-order valence-corrected chi connectivity index (χ0v) is 14.0. The second-order valence-electron chi connectivity index (χ2n) is 6.05. The molecule has 1 aliphatic rings. The Kier molecular flexibility index (Phi) is 4.02. The Morgan fingerprint density at radius 2 is 1.96 bits per heavy atom. The van der Waals surface area contributed by atoms with Crippen LogP contribution in [0, 0.1) is 5.92 Å². The first-order chi connectivity index (χ1) is 10.8. The molecule has 5 nitrogen and oxygen atoms in total. The number of ether oxygens (including phenoxy) is 1. The molecule has 0 bridgehead atoms. The summed E-state index contributed by atoms with van der Waals surface area (Å²) in [7, 11) is -1.65. The molecule has 6 heteroatoms. The van der Waals surface area contributed by atoms with E-state index in [2.05, 4.69) is 0 Å². The van der Waals surface area contributed by atoms with Crippen LogP contribution >= 0.6 is 0 Å². The molecule has 1 aliphatic carbocycles. The Morgan fingerprint density at radius 1 is 1.22 bits per heavy atom. The third-order valence-corrected chi connectivity index (χ3v) is 5.06. The van der Waals surface area contributed by atoms with Crippen molar-refractivity contribution >= 4 is 9.84 Å². The molecule has 0 amide bonds. The van der Waals surface area contributed by atoms with Crippen molar-refractivity contribution in [2.45, 2.75) is 17.7 Å². The molecule has 0 saturated heterocycles. The number of rotatable bonds is 5. The molecule has 1 fully saturated rings. The minimum absolute atomic E-state index is 0.117. The van der Waals surface area contributed by atoms with Gasteiger partial charge in [-0.3, -0.25) is 4.79 Å². The molecule has 0 aliphatic heterocycles. The van der Waals surface area contributed by atoms with Gasteiger partial charge in [-0.15, -0.1) is 0 Å². The summed E-state index contributed by atoms with van der Waals surface area (Å²) in [4.78, 5) is 11.8. The molecular weight excluding hydrogens is 314 g/mol. The van der Waals surface area contributed by atoms with Crippen LogP contribution in [0.5, 0.6) is 5.75 Å². The first-order valence-electron chi connectivity index (χ1n) is 7.48. The summed E-state index contributed by atoms with van der Waals surface area (Å²) < 4.78 is 31.0. The van der Waals surface area contributed by atoms with Crippen LogP contribution in [-0.4, -0.2) is 25.8 Å². The van der Waals surface area contributed by atoms with Gasteiger partial charge in [0, 0.05) is 36.7 Å². The third-order valence-electron chi connectivity index (χ3n) is 3.95. The molecule has 1 aromatic carbocycles. The lowest BCUT2D eigenvalue weighted by molar-refractivity contribution is 0.301. The minimum atomic E-state index is -3.31. The Hall–Kier alpha value is -2.08. The van der Waals surface area contributed by atoms with Crippen molar-refractivity contribution < 1.29 is 13.2 Å². The standard InChI is InChI=1S/C17H19NO4S/c1-18-10-13(5-8-17(18)19)15-9-14(23(2,20)21)6-7-16(15)22-11-12-3-4-12/h5-10,12H,3-4,11H2,1-2H3. The number of benzene rings is 1. The predicted molar refractivity (Wildman–Crippen MR) is 88.4 cm³/mol. The van der Waals surface area contributed by atoms with Gasteiger partial charge in [-0.25, -0.2) is 8.42 Å². The van der Waals surface area contributed by atoms with Crippen molar-refractivity contribution in [1.82, 2.24) is 4.57 Å². The molecule has 23 heavy (non-hydrogen) atoms. The number of aromatic nitrogens is 1. The second-order valence-corrected chi connectivity index (χ2v) is 8.07. The fourth-order valence-corrected chi connectivity index (χ4v) is 2.98. The zero-order chi connectivity index (χ0) is 16.6. The highest BCUT2D eigenvalue weighted by Crippen LogP contribution is 2.35. The van der Waals surface area contributed by atoms with E-state index in [-0.39, 0.29) is 10.5 Å². The summed E-state index contributed by atoms with van der Waals surface area (Å²) in [5.74, 6) is 1.24. The van der Waals surface area contributed by atoms with E-state index in [1.807, 2.05) is 0 Å². The van der Waals surface area contributed by atoms with Crippen molar-refractivity contribution in [2.75, 3.05) is 12.9 Å². The van der Waals surface area contributed by atoms with Gasteiger partial charge < -0.3 is 9.30 Å². The van der Waals surface area contributed by atoms with E-state index in [0.29, 0.717) is 23.8 Å². The average Bonchev–Trinajstić information content (AvgIpc) is 3.31. The largest absolute Gasteiger partial charge is 0.493 e. The van der Waals surface area contributed by atoms with Gasteiger partial charge in [0.05, 0.1) is 11.5 Å². The van der Waals surface area contributed by atoms with Crippen LogP contribution < -0.4 is 10.3 Å². The normalized spacial score (nSPS) is 14.7. The van der Waals surface area contributed by atoms with Crippen LogP contribution in [0.3, 0.4) is 0 Å². The summed E-state index contributed by atoms with van der Waals surface area (Å²) in [5, 5.41) is 0. The molecule has 1 saturated carbocycles. The van der Waals surface area contributed by atoms with Crippen LogP contribution in [0.2, 0.25) is 0 Å². The quantitative estimate of drug-likeness (QED) is 0.842. The topological polar surface area (TPSA) is 65.4 Å². The Morgan fingerprint density at radius 3 is 2.57 bits per heavy atom. The maximum atomic E-state index is 11.8. The van der Waals surface area contributed by atoms with Gasteiger partial charge in [0.2, 0.25) is 5.56 Å². The highest BCUT2D eigenvalue weighted by molar-refractivity contribution is 7.90. The van der Waals surface area contributed by atoms with Crippen molar-refractivity contribution in [2.24, 2.45) is 13.0 Å². The van der Waals surface area contributed by atoms with Gasteiger partial charge in [-0.2, -0.15) is 0 Å². The van der Waals surface area contributed by atoms with Gasteiger partial charge in [0.25, 0.3) is 0 Å². The lowest BCUT2D eigenvalue weighted by Gasteiger charge is -2.13. The molecule has 2 aromatic rings. The van der Waals surface area contributed by atoms with Crippen molar-refractivity contribution in [3.63, 3.8) is 0 Å². The fourth-order valence-electron chi connectivity index (χ4n) is 2.34. The average molecular weight is 333 g/mol. The first-order valence-corrected chi connectivity index (χ1v) is 9.38. The van der Waals surface area contributed by atoms with Gasteiger partial charge in [-0.05, 0) is 43.0 Å². The van der Waals surface area contributed by atoms with E-state index in [1.54, 1.807) is 37.5 Å². The van der Waals surface area contributed by atoms with E-state index in [1.165, 1.54) is 29.7 Å². The number of nitrogens with zero attached hydrogens (tertiary/aromatic N) is 1. The number of pyridine rings is 1. The van der Waals surface area contributed by atoms with Crippen LogP contribution in [0.4, 0.5) is 0 Å². The summed E-state index contributed by atoms with van der Waals surface area (Å²) in [6.45, 7) is 0.636. The third kappa shape index (κ3) is 3.64. The van der Waals surface area contributed by atoms with Crippen molar-refractivity contribution in [3.8, 4) is 16.9 Å². The molecule has 0 radical (unpaired) electrons. The molecule has 0 spiro atoms. The van der Waals surface area contributed by atoms with Gasteiger partial charge in [0.1, 0.15) is 5.75 Å². The van der Waals surface area contributed by atoms with Crippen LogP contribution in [0.1, 0.15) is 12.8 Å². The summed E-state index contributed by atoms with van der Waals surface area (Å²) >= 11 is 0. The molecule has 0 unspecified atom stereocenters. The van der Waals surface area contributed by atoms with Crippen molar-refractivity contribution in [3.05, 3.63) is 46.9 Å². The molecule has 3 rings (SSSR count). The number of hydrogen-bond donors (Lipinski definition) is 0. The van der Waals surface area contributed by atoms with E-state index in [0.717, 1.165) is 5.56 Å². The summed E-state index contributed by atoms with van der Waals surface area (Å²) in [5.41, 5.74) is 1.32. The lowest BCUT2D eigenvalue weighted by Crippen LogP contribution is -2.14. The zero-order valence-electron chi connectivity index (χ0n) is 13.2. The SMILES string of the molecule is Cn1cc(-c2cc(S(C)(=O)=O)ccc2OCC2CC2)ccc1=O. The number of hydrogen-bond acceptors (Lipinski definition) is 4. The molecular formula is C17H19NO4S. The highest BCUT2D eigenvalue weighted by atomic mass is 32.2. The molecule has 1 aromatic heterocycles. The van der Waals surface area contributed by atoms with E-state index < -0.39 is 9.84 Å². The van der Waals surface area contributed by atoms with E-state index in [4.69, 9.17) is 4.74 Å². The van der Waals surface area contributed by atoms with Crippen LogP contribution in [0.25, 0.3) is 11.1 Å². The maximum Gasteiger partial charge on any atom is 0.250 e. The predicted octanol–water partition coefficient (Wildman–Crippen LogP) is 2.24. The van der Waals surface area contributed by atoms with E-state index in [9.17, 15) is 13.2 Å². The molecule has 0 atom stereocenters. The van der Waals surface area contributed by atoms with Crippen LogP contribution in [0.15, 0.2) is 46.2 Å². The lowest BCUT2D eigenvalue weighted by atomic mass is 10.1. The summed E-state index contributed by atoms with van der Waals surface area (Å²) in [6, 6.07) is 8.01. The number of sulfone groups is 1. The summed E-state index contributed by atoms with van der Waals surface area (Å²) in [6.07, 6.45) is 5.22. The Labute approximate surface area is 135 Å². The van der Waals surface area contributed by atoms with Gasteiger partial charge in [0.15, 0.2) is 9.84 Å². The van der Waals surface area contributed by atoms with Gasteiger partial charge >= 0.3 is 0 Å². The molecule has 0 N–H and O–H groups in total. The Bertz CT molecular complexity index is 895. The maximum absolute atomic E-state index is 11.8. The molecule has 122 valence electrons. The second kappa shape index (κ2) is 5.85. The smallest absolute Gasteiger partial charge is 0.250 e. The van der Waals surface area contributed by atoms with Crippen LogP contribution in [-0.2, 0) is 16.9 Å².